The van der Waals surface area contributed by atoms with Crippen LogP contribution in [0.4, 0.5) is 5.69 Å². The zero-order valence-corrected chi connectivity index (χ0v) is 14.7. The molecule has 0 spiro atoms. The number of nitrogens with zero attached hydrogens (tertiary/aromatic N) is 5. The minimum absolute atomic E-state index is 0.111. The van der Waals surface area contributed by atoms with Crippen LogP contribution >= 0.6 is 15.9 Å². The van der Waals surface area contributed by atoms with Gasteiger partial charge >= 0.3 is 0 Å². The van der Waals surface area contributed by atoms with Crippen molar-refractivity contribution in [3.63, 3.8) is 0 Å². The molecular formula is C16H14BrN5O2. The van der Waals surface area contributed by atoms with Crippen molar-refractivity contribution in [2.45, 2.75) is 19.4 Å². The molecule has 0 fully saturated rings. The average molecular weight is 388 g/mol. The van der Waals surface area contributed by atoms with Crippen LogP contribution in [0.25, 0.3) is 5.78 Å². The summed E-state index contributed by atoms with van der Waals surface area (Å²) in [5.41, 5.74) is 0.190. The fourth-order valence-electron chi connectivity index (χ4n) is 2.71. The summed E-state index contributed by atoms with van der Waals surface area (Å²) < 4.78 is 8.37. The first kappa shape index (κ1) is 15.1. The number of carbonyl (C=O) groups excluding carboxylic acids is 1. The third-order valence-electron chi connectivity index (χ3n) is 3.69. The van der Waals surface area contributed by atoms with Crippen molar-refractivity contribution in [2.75, 3.05) is 11.4 Å². The Morgan fingerprint density at radius 3 is 3.00 bits per heavy atom. The summed E-state index contributed by atoms with van der Waals surface area (Å²) in [6, 6.07) is 7.32. The first-order valence-corrected chi connectivity index (χ1v) is 8.20. The molecule has 1 aromatic carbocycles. The zero-order chi connectivity index (χ0) is 16.9. The number of ether oxygens (including phenoxy) is 1. The Morgan fingerprint density at radius 1 is 1.38 bits per heavy atom. The monoisotopic (exact) mass is 387 g/mol. The highest BCUT2D eigenvalue weighted by Crippen LogP contribution is 2.39. The van der Waals surface area contributed by atoms with Crippen molar-refractivity contribution in [3.8, 4) is 5.75 Å². The first-order chi connectivity index (χ1) is 11.4. The van der Waals surface area contributed by atoms with Crippen molar-refractivity contribution in [1.29, 1.82) is 0 Å². The van der Waals surface area contributed by atoms with E-state index in [1.54, 1.807) is 23.4 Å². The number of fused-ring (bicyclic) bond motifs is 2. The van der Waals surface area contributed by atoms with Crippen LogP contribution in [0.5, 0.6) is 5.75 Å². The molecule has 0 aliphatic carbocycles. The summed E-state index contributed by atoms with van der Waals surface area (Å²) in [5, 5.41) is 4.23. The lowest BCUT2D eigenvalue weighted by atomic mass is 10.0. The van der Waals surface area contributed by atoms with Crippen LogP contribution in [0.1, 0.15) is 24.5 Å². The van der Waals surface area contributed by atoms with Crippen LogP contribution in [-0.2, 0) is 0 Å². The SMILES string of the molecule is CC1(C)CN(C(=O)c2nc3ncccn3n2)c2ccc(Br)cc2O1. The van der Waals surface area contributed by atoms with Crippen LogP contribution in [0.3, 0.4) is 0 Å². The van der Waals surface area contributed by atoms with Gasteiger partial charge in [-0.2, -0.15) is 4.98 Å². The van der Waals surface area contributed by atoms with Crippen molar-refractivity contribution < 1.29 is 9.53 Å². The van der Waals surface area contributed by atoms with Gasteiger partial charge in [0.15, 0.2) is 0 Å². The minimum Gasteiger partial charge on any atom is -0.484 e. The lowest BCUT2D eigenvalue weighted by Gasteiger charge is -2.39. The second-order valence-corrected chi connectivity index (χ2v) is 7.08. The number of aromatic nitrogens is 4. The maximum atomic E-state index is 13.0. The fraction of sp³-hybridized carbons (Fsp3) is 0.250. The summed E-state index contributed by atoms with van der Waals surface area (Å²) in [6.45, 7) is 4.29. The lowest BCUT2D eigenvalue weighted by Crippen LogP contribution is -2.49. The van der Waals surface area contributed by atoms with Gasteiger partial charge in [-0.15, -0.1) is 5.10 Å². The molecule has 0 atom stereocenters. The maximum absolute atomic E-state index is 13.0. The van der Waals surface area contributed by atoms with Gasteiger partial charge in [0.2, 0.25) is 5.82 Å². The van der Waals surface area contributed by atoms with Crippen LogP contribution in [0.15, 0.2) is 41.1 Å². The Kier molecular flexibility index (Phi) is 3.31. The van der Waals surface area contributed by atoms with E-state index in [1.807, 2.05) is 32.0 Å². The number of amides is 1. The number of hydrogen-bond acceptors (Lipinski definition) is 5. The van der Waals surface area contributed by atoms with Gasteiger partial charge in [0, 0.05) is 16.9 Å². The van der Waals surface area contributed by atoms with Crippen molar-refractivity contribution in [3.05, 3.63) is 47.0 Å². The predicted molar refractivity (Wildman–Crippen MR) is 91.3 cm³/mol. The van der Waals surface area contributed by atoms with Crippen LogP contribution < -0.4 is 9.64 Å². The van der Waals surface area contributed by atoms with E-state index >= 15 is 0 Å². The predicted octanol–water partition coefficient (Wildman–Crippen LogP) is 2.70. The quantitative estimate of drug-likeness (QED) is 0.641. The van der Waals surface area contributed by atoms with Gasteiger partial charge in [-0.05, 0) is 38.1 Å². The molecule has 24 heavy (non-hydrogen) atoms. The summed E-state index contributed by atoms with van der Waals surface area (Å²) >= 11 is 3.43. The molecule has 0 saturated carbocycles. The molecular weight excluding hydrogens is 374 g/mol. The van der Waals surface area contributed by atoms with Crippen LogP contribution in [0, 0.1) is 0 Å². The summed E-state index contributed by atoms with van der Waals surface area (Å²) in [5.74, 6) is 0.876. The normalized spacial score (nSPS) is 15.9. The molecule has 2 aromatic heterocycles. The first-order valence-electron chi connectivity index (χ1n) is 7.41. The van der Waals surface area contributed by atoms with E-state index < -0.39 is 5.60 Å². The molecule has 122 valence electrons. The third kappa shape index (κ3) is 2.52. The van der Waals surface area contributed by atoms with E-state index in [1.165, 1.54) is 4.52 Å². The number of rotatable bonds is 1. The molecule has 0 N–H and O–H groups in total. The molecule has 1 aliphatic rings. The summed E-state index contributed by atoms with van der Waals surface area (Å²) in [4.78, 5) is 23.0. The second-order valence-electron chi connectivity index (χ2n) is 6.16. The number of carbonyl (C=O) groups is 1. The zero-order valence-electron chi connectivity index (χ0n) is 13.1. The molecule has 7 nitrogen and oxygen atoms in total. The molecule has 1 amide bonds. The highest BCUT2D eigenvalue weighted by atomic mass is 79.9. The third-order valence-corrected chi connectivity index (χ3v) is 4.18. The Bertz CT molecular complexity index is 920. The Balaban J connectivity index is 1.79. The Morgan fingerprint density at radius 2 is 2.21 bits per heavy atom. The van der Waals surface area contributed by atoms with E-state index in [9.17, 15) is 4.79 Å². The van der Waals surface area contributed by atoms with E-state index in [-0.39, 0.29) is 11.7 Å². The summed E-state index contributed by atoms with van der Waals surface area (Å²) in [6.07, 6.45) is 3.32. The highest BCUT2D eigenvalue weighted by molar-refractivity contribution is 9.10. The van der Waals surface area contributed by atoms with Crippen molar-refractivity contribution in [2.24, 2.45) is 0 Å². The van der Waals surface area contributed by atoms with E-state index in [4.69, 9.17) is 4.74 Å². The molecule has 0 saturated heterocycles. The van der Waals surface area contributed by atoms with E-state index in [2.05, 4.69) is 31.0 Å². The van der Waals surface area contributed by atoms with Crippen molar-refractivity contribution >= 4 is 33.3 Å². The largest absolute Gasteiger partial charge is 0.484 e. The van der Waals surface area contributed by atoms with Gasteiger partial charge in [0.1, 0.15) is 11.4 Å². The maximum Gasteiger partial charge on any atom is 0.298 e. The van der Waals surface area contributed by atoms with Gasteiger partial charge in [-0.1, -0.05) is 15.9 Å². The molecule has 1 aliphatic heterocycles. The van der Waals surface area contributed by atoms with Crippen LogP contribution in [0.2, 0.25) is 0 Å². The lowest BCUT2D eigenvalue weighted by molar-refractivity contribution is 0.0829. The number of hydrogen-bond donors (Lipinski definition) is 0. The van der Waals surface area contributed by atoms with E-state index in [0.717, 1.165) is 4.47 Å². The summed E-state index contributed by atoms with van der Waals surface area (Å²) in [7, 11) is 0. The molecule has 3 aromatic rings. The Hall–Kier alpha value is -2.48. The highest BCUT2D eigenvalue weighted by Gasteiger charge is 2.36. The second kappa shape index (κ2) is 5.27. The number of halogens is 1. The number of anilines is 1. The van der Waals surface area contributed by atoms with Gasteiger partial charge in [-0.3, -0.25) is 9.69 Å². The fourth-order valence-corrected chi connectivity index (χ4v) is 3.05. The number of benzene rings is 1. The van der Waals surface area contributed by atoms with E-state index in [0.29, 0.717) is 23.8 Å². The smallest absolute Gasteiger partial charge is 0.298 e. The van der Waals surface area contributed by atoms with Gasteiger partial charge < -0.3 is 4.74 Å². The molecule has 0 bridgehead atoms. The van der Waals surface area contributed by atoms with Crippen LogP contribution in [-0.4, -0.2) is 37.6 Å². The molecule has 0 unspecified atom stereocenters. The molecule has 3 heterocycles. The molecule has 4 rings (SSSR count). The van der Waals surface area contributed by atoms with Gasteiger partial charge in [0.25, 0.3) is 11.7 Å². The molecule has 0 radical (unpaired) electrons. The Labute approximate surface area is 146 Å². The minimum atomic E-state index is -0.513. The standard InChI is InChI=1S/C16H14BrN5O2/c1-16(2)9-21(11-5-4-10(17)8-12(11)24-16)14(23)13-19-15-18-6-3-7-22(15)20-13/h3-8H,9H2,1-2H3. The van der Waals surface area contributed by atoms with Gasteiger partial charge in [0.05, 0.1) is 12.2 Å². The molecule has 8 heteroatoms. The van der Waals surface area contributed by atoms with Gasteiger partial charge in [-0.25, -0.2) is 9.50 Å². The topological polar surface area (TPSA) is 72.6 Å². The average Bonchev–Trinajstić information content (AvgIpc) is 2.96. The van der Waals surface area contributed by atoms with Crippen molar-refractivity contribution in [1.82, 2.24) is 19.6 Å².